The Kier molecular flexibility index (Phi) is 5.15. The summed E-state index contributed by atoms with van der Waals surface area (Å²) in [5.41, 5.74) is -0.510. The number of ether oxygens (including phenoxy) is 2. The fraction of sp³-hybridized carbons (Fsp3) is 0.778. The van der Waals surface area contributed by atoms with Crippen LogP contribution < -0.4 is 0 Å². The van der Waals surface area contributed by atoms with Gasteiger partial charge in [0.1, 0.15) is 12.2 Å². The van der Waals surface area contributed by atoms with Gasteiger partial charge < -0.3 is 14.6 Å². The predicted molar refractivity (Wildman–Crippen MR) is 48.9 cm³/mol. The number of carboxylic acid groups (broad SMARTS) is 1. The van der Waals surface area contributed by atoms with E-state index in [9.17, 15) is 9.59 Å². The number of aliphatic carboxylic acids is 1. The summed E-state index contributed by atoms with van der Waals surface area (Å²) < 4.78 is 9.66. The maximum absolute atomic E-state index is 11.1. The van der Waals surface area contributed by atoms with Crippen molar-refractivity contribution in [1.82, 2.24) is 0 Å². The molecule has 0 radical (unpaired) electrons. The van der Waals surface area contributed by atoms with E-state index >= 15 is 0 Å². The van der Waals surface area contributed by atoms with E-state index in [0.29, 0.717) is 0 Å². The van der Waals surface area contributed by atoms with Crippen molar-refractivity contribution in [1.29, 1.82) is 0 Å². The summed E-state index contributed by atoms with van der Waals surface area (Å²) in [4.78, 5) is 21.1. The van der Waals surface area contributed by atoms with Crippen molar-refractivity contribution in [3.8, 4) is 0 Å². The van der Waals surface area contributed by atoms with E-state index in [4.69, 9.17) is 9.84 Å². The highest BCUT2D eigenvalue weighted by atomic mass is 16.6. The third-order valence-electron chi connectivity index (χ3n) is 1.10. The van der Waals surface area contributed by atoms with Crippen LogP contribution in [0.2, 0.25) is 0 Å². The fourth-order valence-corrected chi connectivity index (χ4v) is 0.708. The number of carbonyl (C=O) groups is 2. The Hall–Kier alpha value is -1.10. The Balaban J connectivity index is 3.50. The molecule has 0 fully saturated rings. The van der Waals surface area contributed by atoms with Crippen LogP contribution in [0.5, 0.6) is 0 Å². The molecular formula is C9H16O5. The molecule has 0 aromatic heterocycles. The fourth-order valence-electron chi connectivity index (χ4n) is 0.708. The highest BCUT2D eigenvalue weighted by Crippen LogP contribution is 2.07. The number of rotatable bonds is 5. The van der Waals surface area contributed by atoms with Crippen LogP contribution in [0, 0.1) is 0 Å². The summed E-state index contributed by atoms with van der Waals surface area (Å²) in [6, 6.07) is 0. The predicted octanol–water partition coefficient (Wildman–Crippen LogP) is 0.819. The van der Waals surface area contributed by atoms with Crippen molar-refractivity contribution >= 4 is 11.9 Å². The van der Waals surface area contributed by atoms with Crippen LogP contribution in [0.4, 0.5) is 0 Å². The van der Waals surface area contributed by atoms with Gasteiger partial charge in [0.25, 0.3) is 0 Å². The first-order chi connectivity index (χ1) is 6.31. The van der Waals surface area contributed by atoms with Crippen molar-refractivity contribution < 1.29 is 24.2 Å². The molecule has 0 aromatic rings. The van der Waals surface area contributed by atoms with Gasteiger partial charge in [-0.25, -0.2) is 4.79 Å². The first-order valence-corrected chi connectivity index (χ1v) is 4.32. The van der Waals surface area contributed by atoms with Gasteiger partial charge in [0.2, 0.25) is 0 Å². The molecule has 0 amide bonds. The van der Waals surface area contributed by atoms with Crippen molar-refractivity contribution in [2.24, 2.45) is 0 Å². The van der Waals surface area contributed by atoms with Crippen molar-refractivity contribution in [2.45, 2.75) is 32.8 Å². The Labute approximate surface area is 83.0 Å². The molecule has 0 aromatic carbocycles. The van der Waals surface area contributed by atoms with Crippen molar-refractivity contribution in [3.63, 3.8) is 0 Å². The van der Waals surface area contributed by atoms with Gasteiger partial charge in [-0.05, 0) is 20.8 Å². The van der Waals surface area contributed by atoms with Crippen LogP contribution in [-0.4, -0.2) is 35.9 Å². The average Bonchev–Trinajstić information content (AvgIpc) is 1.94. The van der Waals surface area contributed by atoms with E-state index < -0.39 is 11.6 Å². The molecule has 0 aliphatic heterocycles. The second-order valence-corrected chi connectivity index (χ2v) is 3.78. The lowest BCUT2D eigenvalue weighted by Crippen LogP contribution is -2.24. The molecule has 5 nitrogen and oxygen atoms in total. The first kappa shape index (κ1) is 12.9. The second kappa shape index (κ2) is 5.59. The molecule has 0 spiro atoms. The Morgan fingerprint density at radius 2 is 1.86 bits per heavy atom. The molecule has 0 saturated heterocycles. The zero-order chi connectivity index (χ0) is 11.2. The summed E-state index contributed by atoms with van der Waals surface area (Å²) in [6.07, 6.45) is 0.0740. The molecule has 0 bridgehead atoms. The highest BCUT2D eigenvalue weighted by molar-refractivity contribution is 5.70. The minimum atomic E-state index is -1.05. The molecule has 0 saturated carbocycles. The maximum atomic E-state index is 11.1. The number of carboxylic acids is 1. The first-order valence-electron chi connectivity index (χ1n) is 4.32. The van der Waals surface area contributed by atoms with Crippen LogP contribution in [0.3, 0.4) is 0 Å². The Morgan fingerprint density at radius 3 is 2.29 bits per heavy atom. The van der Waals surface area contributed by atoms with E-state index in [1.807, 2.05) is 0 Å². The SMILES string of the molecule is CC(C)(C)OC(=O)CCOCC(=O)O. The minimum absolute atomic E-state index is 0.0706. The van der Waals surface area contributed by atoms with Crippen LogP contribution in [0.1, 0.15) is 27.2 Å². The maximum Gasteiger partial charge on any atom is 0.329 e. The van der Waals surface area contributed by atoms with Gasteiger partial charge in [-0.3, -0.25) is 4.79 Å². The van der Waals surface area contributed by atoms with Gasteiger partial charge in [-0.1, -0.05) is 0 Å². The molecular weight excluding hydrogens is 188 g/mol. The van der Waals surface area contributed by atoms with E-state index in [0.717, 1.165) is 0 Å². The van der Waals surface area contributed by atoms with Gasteiger partial charge in [0.05, 0.1) is 13.0 Å². The summed E-state index contributed by atoms with van der Waals surface area (Å²) in [7, 11) is 0. The van der Waals surface area contributed by atoms with E-state index in [1.165, 1.54) is 0 Å². The summed E-state index contributed by atoms with van der Waals surface area (Å²) >= 11 is 0. The molecule has 5 heteroatoms. The standard InChI is InChI=1S/C9H16O5/c1-9(2,3)14-8(12)4-5-13-6-7(10)11/h4-6H2,1-3H3,(H,10,11). The lowest BCUT2D eigenvalue weighted by molar-refractivity contribution is -0.157. The lowest BCUT2D eigenvalue weighted by Gasteiger charge is -2.19. The lowest BCUT2D eigenvalue weighted by atomic mass is 10.2. The third kappa shape index (κ3) is 8.99. The van der Waals surface area contributed by atoms with Crippen LogP contribution in [-0.2, 0) is 19.1 Å². The number of esters is 1. The molecule has 0 rings (SSSR count). The van der Waals surface area contributed by atoms with Crippen LogP contribution in [0.25, 0.3) is 0 Å². The summed E-state index contributed by atoms with van der Waals surface area (Å²) in [6.45, 7) is 4.99. The van der Waals surface area contributed by atoms with E-state index in [2.05, 4.69) is 4.74 Å². The molecule has 1 N–H and O–H groups in total. The number of hydrogen-bond acceptors (Lipinski definition) is 4. The molecule has 0 aliphatic carbocycles. The van der Waals surface area contributed by atoms with Gasteiger partial charge in [0.15, 0.2) is 0 Å². The zero-order valence-electron chi connectivity index (χ0n) is 8.70. The molecule has 14 heavy (non-hydrogen) atoms. The number of carbonyl (C=O) groups excluding carboxylic acids is 1. The monoisotopic (exact) mass is 204 g/mol. The van der Waals surface area contributed by atoms with Crippen LogP contribution in [0.15, 0.2) is 0 Å². The van der Waals surface area contributed by atoms with Crippen molar-refractivity contribution in [3.05, 3.63) is 0 Å². The molecule has 0 aliphatic rings. The normalized spacial score (nSPS) is 11.1. The van der Waals surface area contributed by atoms with Gasteiger partial charge in [0, 0.05) is 0 Å². The van der Waals surface area contributed by atoms with Gasteiger partial charge in [-0.2, -0.15) is 0 Å². The number of hydrogen-bond donors (Lipinski definition) is 1. The molecule has 0 heterocycles. The smallest absolute Gasteiger partial charge is 0.329 e. The Morgan fingerprint density at radius 1 is 1.29 bits per heavy atom. The van der Waals surface area contributed by atoms with Gasteiger partial charge >= 0.3 is 11.9 Å². The Bertz CT molecular complexity index is 204. The summed E-state index contributed by atoms with van der Waals surface area (Å²) in [5, 5.41) is 8.22. The molecule has 0 atom stereocenters. The largest absolute Gasteiger partial charge is 0.480 e. The minimum Gasteiger partial charge on any atom is -0.480 e. The highest BCUT2D eigenvalue weighted by Gasteiger charge is 2.15. The van der Waals surface area contributed by atoms with Gasteiger partial charge in [-0.15, -0.1) is 0 Å². The van der Waals surface area contributed by atoms with Crippen molar-refractivity contribution in [2.75, 3.05) is 13.2 Å². The second-order valence-electron chi connectivity index (χ2n) is 3.78. The zero-order valence-corrected chi connectivity index (χ0v) is 8.70. The molecule has 82 valence electrons. The molecule has 0 unspecified atom stereocenters. The van der Waals surface area contributed by atoms with Crippen LogP contribution >= 0.6 is 0 Å². The average molecular weight is 204 g/mol. The van der Waals surface area contributed by atoms with E-state index in [1.54, 1.807) is 20.8 Å². The third-order valence-corrected chi connectivity index (χ3v) is 1.10. The quantitative estimate of drug-likeness (QED) is 0.530. The summed E-state index contributed by atoms with van der Waals surface area (Å²) in [5.74, 6) is -1.43. The topological polar surface area (TPSA) is 72.8 Å². The van der Waals surface area contributed by atoms with E-state index in [-0.39, 0.29) is 25.6 Å².